The van der Waals surface area contributed by atoms with E-state index in [1.54, 1.807) is 0 Å². The summed E-state index contributed by atoms with van der Waals surface area (Å²) in [5.74, 6) is -0.106. The summed E-state index contributed by atoms with van der Waals surface area (Å²) in [5.41, 5.74) is 1.04. The van der Waals surface area contributed by atoms with Crippen molar-refractivity contribution in [3.8, 4) is 0 Å². The Morgan fingerprint density at radius 3 is 2.24 bits per heavy atom. The van der Waals surface area contributed by atoms with Gasteiger partial charge in [0.25, 0.3) is 0 Å². The van der Waals surface area contributed by atoms with Crippen LogP contribution in [0.2, 0.25) is 0 Å². The fraction of sp³-hybridized carbons (Fsp3) is 0.632. The lowest BCUT2D eigenvalue weighted by molar-refractivity contribution is -0.151. The van der Waals surface area contributed by atoms with Crippen LogP contribution in [0.5, 0.6) is 0 Å². The molecule has 0 radical (unpaired) electrons. The summed E-state index contributed by atoms with van der Waals surface area (Å²) in [7, 11) is 0. The molecular formula is C19H32Cl2N2O2. The van der Waals surface area contributed by atoms with Gasteiger partial charge in [0.05, 0.1) is 0 Å². The zero-order valence-electron chi connectivity index (χ0n) is 15.4. The molecule has 1 heterocycles. The lowest BCUT2D eigenvalue weighted by Gasteiger charge is -2.33. The zero-order chi connectivity index (χ0) is 16.5. The van der Waals surface area contributed by atoms with E-state index in [0.717, 1.165) is 51.1 Å². The van der Waals surface area contributed by atoms with Crippen molar-refractivity contribution in [3.05, 3.63) is 35.9 Å². The quantitative estimate of drug-likeness (QED) is 0.629. The average molecular weight is 391 g/mol. The molecule has 25 heavy (non-hydrogen) atoms. The van der Waals surface area contributed by atoms with Gasteiger partial charge in [-0.15, -0.1) is 24.8 Å². The number of carbonyl (C=O) groups is 1. The summed E-state index contributed by atoms with van der Waals surface area (Å²) in [6.45, 7) is 9.47. The second-order valence-electron chi connectivity index (χ2n) is 6.10. The van der Waals surface area contributed by atoms with Crippen LogP contribution in [0.4, 0.5) is 0 Å². The van der Waals surface area contributed by atoms with Crippen molar-refractivity contribution in [2.45, 2.75) is 39.2 Å². The molecule has 0 aromatic heterocycles. The van der Waals surface area contributed by atoms with E-state index in [-0.39, 0.29) is 36.8 Å². The van der Waals surface area contributed by atoms with Crippen LogP contribution in [0, 0.1) is 0 Å². The maximum Gasteiger partial charge on any atom is 0.328 e. The SMILES string of the molecule is CCN(CC)CCOC(=O)C(c1ccccc1)N1CCCCC1.Cl.Cl. The van der Waals surface area contributed by atoms with Crippen LogP contribution in [0.15, 0.2) is 30.3 Å². The van der Waals surface area contributed by atoms with E-state index in [1.165, 1.54) is 6.42 Å². The highest BCUT2D eigenvalue weighted by atomic mass is 35.5. The van der Waals surface area contributed by atoms with Crippen LogP contribution >= 0.6 is 24.8 Å². The molecule has 0 bridgehead atoms. The number of piperidine rings is 1. The van der Waals surface area contributed by atoms with Crippen LogP contribution < -0.4 is 0 Å². The van der Waals surface area contributed by atoms with Gasteiger partial charge in [-0.3, -0.25) is 4.90 Å². The van der Waals surface area contributed by atoms with Crippen molar-refractivity contribution in [1.82, 2.24) is 9.80 Å². The number of likely N-dealkylation sites (tertiary alicyclic amines) is 1. The lowest BCUT2D eigenvalue weighted by Crippen LogP contribution is -2.39. The molecule has 4 nitrogen and oxygen atoms in total. The van der Waals surface area contributed by atoms with E-state index in [1.807, 2.05) is 30.3 Å². The Morgan fingerprint density at radius 1 is 1.08 bits per heavy atom. The summed E-state index contributed by atoms with van der Waals surface area (Å²) in [6, 6.07) is 9.79. The Morgan fingerprint density at radius 2 is 1.68 bits per heavy atom. The molecule has 144 valence electrons. The number of ether oxygens (including phenoxy) is 1. The molecule has 1 aliphatic rings. The van der Waals surface area contributed by atoms with Crippen LogP contribution in [-0.2, 0) is 9.53 Å². The van der Waals surface area contributed by atoms with E-state index < -0.39 is 0 Å². The molecule has 1 saturated heterocycles. The third-order valence-corrected chi connectivity index (χ3v) is 4.64. The van der Waals surface area contributed by atoms with E-state index >= 15 is 0 Å². The van der Waals surface area contributed by atoms with Gasteiger partial charge in [0, 0.05) is 6.54 Å². The third kappa shape index (κ3) is 7.53. The molecule has 1 unspecified atom stereocenters. The first kappa shape index (κ1) is 24.2. The Labute approximate surface area is 164 Å². The molecule has 0 amide bonds. The smallest absolute Gasteiger partial charge is 0.328 e. The van der Waals surface area contributed by atoms with Crippen molar-refractivity contribution >= 4 is 30.8 Å². The predicted molar refractivity (Wildman–Crippen MR) is 108 cm³/mol. The summed E-state index contributed by atoms with van der Waals surface area (Å²) >= 11 is 0. The highest BCUT2D eigenvalue weighted by Crippen LogP contribution is 2.25. The first-order valence-electron chi connectivity index (χ1n) is 8.94. The Hall–Kier alpha value is -0.810. The second kappa shape index (κ2) is 13.4. The minimum Gasteiger partial charge on any atom is -0.463 e. The fourth-order valence-electron chi connectivity index (χ4n) is 3.20. The lowest BCUT2D eigenvalue weighted by atomic mass is 10.0. The number of halogens is 2. The number of nitrogens with zero attached hydrogens (tertiary/aromatic N) is 2. The molecule has 0 spiro atoms. The molecule has 1 atom stereocenters. The molecular weight excluding hydrogens is 359 g/mol. The maximum atomic E-state index is 12.7. The molecule has 6 heteroatoms. The summed E-state index contributed by atoms with van der Waals surface area (Å²) < 4.78 is 5.62. The normalized spacial score (nSPS) is 15.8. The van der Waals surface area contributed by atoms with E-state index in [4.69, 9.17) is 4.74 Å². The minimum absolute atomic E-state index is 0. The minimum atomic E-state index is -0.256. The number of benzene rings is 1. The molecule has 0 saturated carbocycles. The van der Waals surface area contributed by atoms with Gasteiger partial charge in [0.1, 0.15) is 12.6 Å². The molecule has 1 aliphatic heterocycles. The van der Waals surface area contributed by atoms with E-state index in [9.17, 15) is 4.79 Å². The van der Waals surface area contributed by atoms with Crippen LogP contribution in [0.1, 0.15) is 44.7 Å². The first-order chi connectivity index (χ1) is 11.3. The number of carbonyl (C=O) groups excluding carboxylic acids is 1. The van der Waals surface area contributed by atoms with E-state index in [2.05, 4.69) is 23.6 Å². The molecule has 1 fully saturated rings. The number of rotatable bonds is 8. The topological polar surface area (TPSA) is 32.8 Å². The largest absolute Gasteiger partial charge is 0.463 e. The van der Waals surface area contributed by atoms with Gasteiger partial charge in [-0.2, -0.15) is 0 Å². The van der Waals surface area contributed by atoms with Crippen LogP contribution in [-0.4, -0.2) is 55.1 Å². The highest BCUT2D eigenvalue weighted by Gasteiger charge is 2.29. The van der Waals surface area contributed by atoms with E-state index in [0.29, 0.717) is 6.61 Å². The maximum absolute atomic E-state index is 12.7. The Balaban J connectivity index is 0.00000288. The number of hydrogen-bond donors (Lipinski definition) is 0. The van der Waals surface area contributed by atoms with Crippen molar-refractivity contribution in [3.63, 3.8) is 0 Å². The van der Waals surface area contributed by atoms with Gasteiger partial charge >= 0.3 is 5.97 Å². The van der Waals surface area contributed by atoms with Gasteiger partial charge in [-0.05, 0) is 44.6 Å². The van der Waals surface area contributed by atoms with Crippen molar-refractivity contribution in [1.29, 1.82) is 0 Å². The van der Waals surface area contributed by atoms with Crippen molar-refractivity contribution in [2.75, 3.05) is 39.3 Å². The highest BCUT2D eigenvalue weighted by molar-refractivity contribution is 5.85. The summed E-state index contributed by atoms with van der Waals surface area (Å²) in [4.78, 5) is 17.3. The molecule has 0 N–H and O–H groups in total. The van der Waals surface area contributed by atoms with Crippen molar-refractivity contribution < 1.29 is 9.53 Å². The number of likely N-dealkylation sites (N-methyl/N-ethyl adjacent to an activating group) is 1. The number of hydrogen-bond acceptors (Lipinski definition) is 4. The third-order valence-electron chi connectivity index (χ3n) is 4.64. The molecule has 2 rings (SSSR count). The second-order valence-corrected chi connectivity index (χ2v) is 6.10. The summed E-state index contributed by atoms with van der Waals surface area (Å²) in [6.07, 6.45) is 3.58. The number of esters is 1. The Bertz CT molecular complexity index is 464. The molecule has 1 aromatic rings. The van der Waals surface area contributed by atoms with Gasteiger partial charge in [-0.25, -0.2) is 4.79 Å². The van der Waals surface area contributed by atoms with Gasteiger partial charge in [-0.1, -0.05) is 50.6 Å². The molecule has 1 aromatic carbocycles. The standard InChI is InChI=1S/C19H30N2O2.2ClH/c1-3-20(4-2)15-16-23-19(22)18(17-11-7-5-8-12-17)21-13-9-6-10-14-21;;/h5,7-8,11-12,18H,3-4,6,9-10,13-16H2,1-2H3;2*1H. The Kier molecular flexibility index (Phi) is 13.0. The fourth-order valence-corrected chi connectivity index (χ4v) is 3.20. The monoisotopic (exact) mass is 390 g/mol. The zero-order valence-corrected chi connectivity index (χ0v) is 17.0. The first-order valence-corrected chi connectivity index (χ1v) is 8.94. The van der Waals surface area contributed by atoms with Gasteiger partial charge in [0.15, 0.2) is 0 Å². The van der Waals surface area contributed by atoms with Crippen LogP contribution in [0.3, 0.4) is 0 Å². The average Bonchev–Trinajstić information content (AvgIpc) is 2.61. The summed E-state index contributed by atoms with van der Waals surface area (Å²) in [5, 5.41) is 0. The van der Waals surface area contributed by atoms with Crippen molar-refractivity contribution in [2.24, 2.45) is 0 Å². The van der Waals surface area contributed by atoms with Gasteiger partial charge < -0.3 is 9.64 Å². The van der Waals surface area contributed by atoms with Gasteiger partial charge in [0.2, 0.25) is 0 Å². The molecule has 0 aliphatic carbocycles. The van der Waals surface area contributed by atoms with Crippen LogP contribution in [0.25, 0.3) is 0 Å². The predicted octanol–water partition coefficient (Wildman–Crippen LogP) is 3.94.